The van der Waals surface area contributed by atoms with Gasteiger partial charge in [0, 0.05) is 29.9 Å². The van der Waals surface area contributed by atoms with Gasteiger partial charge in [-0.25, -0.2) is 23.1 Å². The van der Waals surface area contributed by atoms with Crippen molar-refractivity contribution in [2.45, 2.75) is 17.5 Å². The first-order valence-electron chi connectivity index (χ1n) is 10.5. The van der Waals surface area contributed by atoms with Gasteiger partial charge in [0.05, 0.1) is 16.0 Å². The highest BCUT2D eigenvalue weighted by atomic mass is 35.5. The van der Waals surface area contributed by atoms with Gasteiger partial charge in [-0.2, -0.15) is 13.2 Å². The number of aromatic nitrogens is 2. The number of halogens is 4. The average Bonchev–Trinajstić information content (AvgIpc) is 2.81. The van der Waals surface area contributed by atoms with Crippen molar-refractivity contribution < 1.29 is 21.6 Å². The minimum Gasteiger partial charge on any atom is -0.368 e. The summed E-state index contributed by atoms with van der Waals surface area (Å²) in [7, 11) is -4.13. The molecule has 6 nitrogen and oxygen atoms in total. The highest BCUT2D eigenvalue weighted by Crippen LogP contribution is 2.30. The Balaban J connectivity index is 1.49. The van der Waals surface area contributed by atoms with Crippen LogP contribution >= 0.6 is 11.6 Å². The van der Waals surface area contributed by atoms with Crippen LogP contribution in [0, 0.1) is 0 Å². The van der Waals surface area contributed by atoms with E-state index in [-0.39, 0.29) is 13.1 Å². The summed E-state index contributed by atoms with van der Waals surface area (Å²) in [5.74, 6) is 1.05. The number of sulfonamides is 1. The Morgan fingerprint density at radius 2 is 1.66 bits per heavy atom. The van der Waals surface area contributed by atoms with E-state index in [1.165, 1.54) is 0 Å². The van der Waals surface area contributed by atoms with Crippen LogP contribution in [0.3, 0.4) is 0 Å². The van der Waals surface area contributed by atoms with Crippen LogP contribution in [-0.2, 0) is 22.6 Å². The number of fused-ring (bicyclic) bond motifs is 1. The summed E-state index contributed by atoms with van der Waals surface area (Å²) < 4.78 is 66.1. The molecule has 4 rings (SSSR count). The van der Waals surface area contributed by atoms with Gasteiger partial charge >= 0.3 is 6.18 Å². The monoisotopic (exact) mass is 520 g/mol. The molecule has 0 amide bonds. The maximum absolute atomic E-state index is 12.9. The van der Waals surface area contributed by atoms with E-state index >= 15 is 0 Å². The molecular formula is C24H20ClF3N4O2S. The molecule has 4 aromatic rings. The maximum atomic E-state index is 12.9. The Hall–Kier alpha value is -3.21. The molecule has 0 atom stereocenters. The van der Waals surface area contributed by atoms with Crippen LogP contribution in [0.25, 0.3) is 10.9 Å². The zero-order valence-corrected chi connectivity index (χ0v) is 19.8. The summed E-state index contributed by atoms with van der Waals surface area (Å²) in [6, 6.07) is 18.4. The summed E-state index contributed by atoms with van der Waals surface area (Å²) in [5, 5.41) is 4.31. The fourth-order valence-electron chi connectivity index (χ4n) is 3.43. The molecule has 0 saturated carbocycles. The van der Waals surface area contributed by atoms with Gasteiger partial charge in [-0.3, -0.25) is 0 Å². The topological polar surface area (TPSA) is 84.0 Å². The summed E-state index contributed by atoms with van der Waals surface area (Å²) in [5.41, 5.74) is 0.620. The van der Waals surface area contributed by atoms with E-state index in [0.717, 1.165) is 23.8 Å². The standard InChI is InChI=1S/C24H20ClF3N4O2S/c25-18-9-10-20-21(15-18)31-22(13-16-5-2-1-3-6-16)32-23(20)29-11-12-30-35(33,34)19-8-4-7-17(14-19)24(26,27)28/h1-10,14-15,30H,11-13H2,(H,29,31,32). The first-order chi connectivity index (χ1) is 16.6. The van der Waals surface area contributed by atoms with Gasteiger partial charge in [0.25, 0.3) is 0 Å². The fraction of sp³-hybridized carbons (Fsp3) is 0.167. The first kappa shape index (κ1) is 24.9. The van der Waals surface area contributed by atoms with Crippen molar-refractivity contribution in [3.05, 3.63) is 94.8 Å². The number of rotatable bonds is 8. The highest BCUT2D eigenvalue weighted by molar-refractivity contribution is 7.89. The predicted molar refractivity (Wildman–Crippen MR) is 129 cm³/mol. The second-order valence-corrected chi connectivity index (χ2v) is 9.87. The molecule has 0 unspecified atom stereocenters. The summed E-state index contributed by atoms with van der Waals surface area (Å²) in [6.45, 7) is 0.0589. The van der Waals surface area contributed by atoms with E-state index in [0.29, 0.717) is 40.1 Å². The molecule has 1 heterocycles. The largest absolute Gasteiger partial charge is 0.416 e. The predicted octanol–water partition coefficient (Wildman–Crippen LogP) is 5.28. The van der Waals surface area contributed by atoms with Crippen LogP contribution < -0.4 is 10.0 Å². The van der Waals surface area contributed by atoms with E-state index < -0.39 is 26.7 Å². The van der Waals surface area contributed by atoms with Gasteiger partial charge in [0.15, 0.2) is 0 Å². The Morgan fingerprint density at radius 3 is 2.40 bits per heavy atom. The fourth-order valence-corrected chi connectivity index (χ4v) is 4.68. The molecule has 1 aromatic heterocycles. The molecule has 0 spiro atoms. The molecule has 182 valence electrons. The second kappa shape index (κ2) is 10.2. The molecule has 11 heteroatoms. The molecule has 3 aromatic carbocycles. The Morgan fingerprint density at radius 1 is 0.886 bits per heavy atom. The quantitative estimate of drug-likeness (QED) is 0.309. The average molecular weight is 521 g/mol. The smallest absolute Gasteiger partial charge is 0.368 e. The third-order valence-corrected chi connectivity index (χ3v) is 6.79. The minimum absolute atomic E-state index is 0.0777. The molecule has 0 saturated heterocycles. The van der Waals surface area contributed by atoms with Gasteiger partial charge < -0.3 is 5.32 Å². The molecule has 2 N–H and O–H groups in total. The number of anilines is 1. The Labute approximate surface area is 205 Å². The molecule has 0 aliphatic heterocycles. The van der Waals surface area contributed by atoms with Crippen molar-refractivity contribution in [3.8, 4) is 0 Å². The zero-order valence-electron chi connectivity index (χ0n) is 18.2. The number of alkyl halides is 3. The lowest BCUT2D eigenvalue weighted by Gasteiger charge is -2.13. The van der Waals surface area contributed by atoms with Gasteiger partial charge in [0.2, 0.25) is 10.0 Å². The van der Waals surface area contributed by atoms with Crippen molar-refractivity contribution in [2.75, 3.05) is 18.4 Å². The minimum atomic E-state index is -4.64. The highest BCUT2D eigenvalue weighted by Gasteiger charge is 2.31. The number of hydrogen-bond donors (Lipinski definition) is 2. The van der Waals surface area contributed by atoms with E-state index in [1.54, 1.807) is 18.2 Å². The lowest BCUT2D eigenvalue weighted by atomic mass is 10.1. The number of hydrogen-bond acceptors (Lipinski definition) is 5. The van der Waals surface area contributed by atoms with Gasteiger partial charge in [0.1, 0.15) is 11.6 Å². The van der Waals surface area contributed by atoms with Crippen molar-refractivity contribution in [1.29, 1.82) is 0 Å². The van der Waals surface area contributed by atoms with Gasteiger partial charge in [-0.05, 0) is 42.0 Å². The molecule has 0 aliphatic rings. The Kier molecular flexibility index (Phi) is 7.25. The summed E-state index contributed by atoms with van der Waals surface area (Å²) >= 11 is 6.13. The van der Waals surface area contributed by atoms with Crippen molar-refractivity contribution in [3.63, 3.8) is 0 Å². The van der Waals surface area contributed by atoms with Crippen molar-refractivity contribution >= 4 is 38.3 Å². The third kappa shape index (κ3) is 6.27. The van der Waals surface area contributed by atoms with Crippen LogP contribution in [0.2, 0.25) is 5.02 Å². The van der Waals surface area contributed by atoms with E-state index in [1.807, 2.05) is 30.3 Å². The lowest BCUT2D eigenvalue weighted by molar-refractivity contribution is -0.137. The first-order valence-corrected chi connectivity index (χ1v) is 12.4. The van der Waals surface area contributed by atoms with Crippen LogP contribution in [0.4, 0.5) is 19.0 Å². The van der Waals surface area contributed by atoms with Crippen molar-refractivity contribution in [1.82, 2.24) is 14.7 Å². The number of nitrogens with one attached hydrogen (secondary N) is 2. The second-order valence-electron chi connectivity index (χ2n) is 7.66. The number of benzene rings is 3. The SMILES string of the molecule is O=S(=O)(NCCNc1nc(Cc2ccccc2)nc2cc(Cl)ccc12)c1cccc(C(F)(F)F)c1. The van der Waals surface area contributed by atoms with Gasteiger partial charge in [-0.1, -0.05) is 48.0 Å². The van der Waals surface area contributed by atoms with E-state index in [4.69, 9.17) is 11.6 Å². The van der Waals surface area contributed by atoms with Crippen LogP contribution in [0.15, 0.2) is 77.7 Å². The van der Waals surface area contributed by atoms with Crippen LogP contribution in [0.1, 0.15) is 17.0 Å². The Bertz CT molecular complexity index is 1450. The molecular weight excluding hydrogens is 501 g/mol. The maximum Gasteiger partial charge on any atom is 0.416 e. The van der Waals surface area contributed by atoms with Crippen molar-refractivity contribution in [2.24, 2.45) is 0 Å². The normalized spacial score (nSPS) is 12.1. The summed E-state index contributed by atoms with van der Waals surface area (Å²) in [4.78, 5) is 8.72. The third-order valence-electron chi connectivity index (χ3n) is 5.09. The van der Waals surface area contributed by atoms with E-state index in [2.05, 4.69) is 20.0 Å². The lowest BCUT2D eigenvalue weighted by Crippen LogP contribution is -2.29. The molecule has 0 radical (unpaired) electrons. The molecule has 0 aliphatic carbocycles. The summed E-state index contributed by atoms with van der Waals surface area (Å²) in [6.07, 6.45) is -4.15. The van der Waals surface area contributed by atoms with E-state index in [9.17, 15) is 21.6 Å². The zero-order chi connectivity index (χ0) is 25.1. The molecule has 0 fully saturated rings. The van der Waals surface area contributed by atoms with Crippen LogP contribution in [0.5, 0.6) is 0 Å². The molecule has 35 heavy (non-hydrogen) atoms. The molecule has 0 bridgehead atoms. The van der Waals surface area contributed by atoms with Crippen LogP contribution in [-0.4, -0.2) is 31.5 Å². The van der Waals surface area contributed by atoms with Gasteiger partial charge in [-0.15, -0.1) is 0 Å². The number of nitrogens with zero attached hydrogens (tertiary/aromatic N) is 2.